The van der Waals surface area contributed by atoms with Gasteiger partial charge in [-0.1, -0.05) is 127 Å². The van der Waals surface area contributed by atoms with E-state index in [1.807, 2.05) is 72.8 Å². The van der Waals surface area contributed by atoms with Gasteiger partial charge in [-0.2, -0.15) is 0 Å². The zero-order valence-corrected chi connectivity index (χ0v) is 26.2. The number of para-hydroxylation sites is 2. The molecule has 0 amide bonds. The quantitative estimate of drug-likeness (QED) is 0.179. The van der Waals surface area contributed by atoms with Gasteiger partial charge in [0.2, 0.25) is 0 Å². The summed E-state index contributed by atoms with van der Waals surface area (Å²) in [6.45, 7) is 0. The molecule has 2 aromatic heterocycles. The van der Waals surface area contributed by atoms with Crippen molar-refractivity contribution in [3.8, 4) is 62.4 Å². The molecule has 0 saturated heterocycles. The summed E-state index contributed by atoms with van der Waals surface area (Å²) in [6.07, 6.45) is 0. The third-order valence-electron chi connectivity index (χ3n) is 7.94. The summed E-state index contributed by atoms with van der Waals surface area (Å²) in [5.74, 6) is 2.81. The van der Waals surface area contributed by atoms with E-state index in [-0.39, 0.29) is 0 Å². The third kappa shape index (κ3) is 5.29. The molecule has 2 heterocycles. The molecule has 6 aromatic carbocycles. The van der Waals surface area contributed by atoms with Crippen LogP contribution in [-0.2, 0) is 0 Å². The van der Waals surface area contributed by atoms with Crippen LogP contribution >= 0.6 is 15.9 Å². The van der Waals surface area contributed by atoms with Gasteiger partial charge >= 0.3 is 0 Å². The van der Waals surface area contributed by atoms with Crippen LogP contribution in [-0.4, -0.2) is 24.5 Å². The third-order valence-corrected chi connectivity index (χ3v) is 8.58. The Labute approximate surface area is 275 Å². The normalized spacial score (nSPS) is 11.2. The maximum atomic E-state index is 5.05. The molecule has 8 rings (SSSR count). The number of nitrogens with zero attached hydrogens (tertiary/aromatic N) is 5. The molecule has 0 bridgehead atoms. The molecule has 8 aromatic rings. The van der Waals surface area contributed by atoms with Gasteiger partial charge in [-0.15, -0.1) is 0 Å². The summed E-state index contributed by atoms with van der Waals surface area (Å²) in [4.78, 5) is 19.7. The molecule has 5 nitrogen and oxygen atoms in total. The number of fused-ring (bicyclic) bond motifs is 1. The Bertz CT molecular complexity index is 2240. The highest BCUT2D eigenvalue weighted by Gasteiger charge is 2.17. The van der Waals surface area contributed by atoms with E-state index in [1.54, 1.807) is 0 Å². The summed E-state index contributed by atoms with van der Waals surface area (Å²) in [6, 6.07) is 53.5. The molecule has 218 valence electrons. The molecular formula is C40H26BrN5. The average Bonchev–Trinajstić information content (AvgIpc) is 3.54. The Kier molecular flexibility index (Phi) is 7.25. The highest BCUT2D eigenvalue weighted by atomic mass is 79.9. The molecule has 46 heavy (non-hydrogen) atoms. The average molecular weight is 657 g/mol. The number of hydrogen-bond donors (Lipinski definition) is 0. The Hall–Kier alpha value is -5.72. The lowest BCUT2D eigenvalue weighted by Crippen LogP contribution is -2.00. The predicted molar refractivity (Wildman–Crippen MR) is 189 cm³/mol. The van der Waals surface area contributed by atoms with Crippen molar-refractivity contribution in [3.05, 3.63) is 162 Å². The molecule has 0 saturated carbocycles. The second-order valence-corrected chi connectivity index (χ2v) is 11.8. The van der Waals surface area contributed by atoms with Gasteiger partial charge in [0.25, 0.3) is 0 Å². The van der Waals surface area contributed by atoms with Gasteiger partial charge < -0.3 is 0 Å². The highest BCUT2D eigenvalue weighted by molar-refractivity contribution is 9.10. The van der Waals surface area contributed by atoms with E-state index in [0.29, 0.717) is 17.5 Å². The second-order valence-electron chi connectivity index (χ2n) is 10.9. The van der Waals surface area contributed by atoms with Crippen molar-refractivity contribution in [3.63, 3.8) is 0 Å². The summed E-state index contributed by atoms with van der Waals surface area (Å²) in [5.41, 5.74) is 9.06. The van der Waals surface area contributed by atoms with Gasteiger partial charge in [-0.05, 0) is 57.4 Å². The van der Waals surface area contributed by atoms with Crippen LogP contribution in [0.5, 0.6) is 0 Å². The topological polar surface area (TPSA) is 56.5 Å². The Morgan fingerprint density at radius 1 is 0.391 bits per heavy atom. The first-order chi connectivity index (χ1) is 22.7. The molecule has 0 N–H and O–H groups in total. The maximum absolute atomic E-state index is 5.05. The molecule has 0 aliphatic heterocycles. The van der Waals surface area contributed by atoms with E-state index >= 15 is 0 Å². The summed E-state index contributed by atoms with van der Waals surface area (Å²) in [7, 11) is 0. The van der Waals surface area contributed by atoms with Crippen molar-refractivity contribution >= 4 is 27.0 Å². The fraction of sp³-hybridized carbons (Fsp3) is 0. The van der Waals surface area contributed by atoms with Crippen molar-refractivity contribution in [1.82, 2.24) is 24.5 Å². The van der Waals surface area contributed by atoms with Crippen molar-refractivity contribution in [2.75, 3.05) is 0 Å². The van der Waals surface area contributed by atoms with E-state index < -0.39 is 0 Å². The fourth-order valence-corrected chi connectivity index (χ4v) is 6.23. The number of halogens is 1. The van der Waals surface area contributed by atoms with Crippen LogP contribution in [0.4, 0.5) is 0 Å². The largest absolute Gasteiger partial charge is 0.291 e. The van der Waals surface area contributed by atoms with Crippen LogP contribution in [0, 0.1) is 0 Å². The van der Waals surface area contributed by atoms with Crippen molar-refractivity contribution < 1.29 is 0 Å². The Morgan fingerprint density at radius 2 is 0.891 bits per heavy atom. The molecule has 6 heteroatoms. The van der Waals surface area contributed by atoms with Gasteiger partial charge in [-0.25, -0.2) is 19.9 Å². The van der Waals surface area contributed by atoms with E-state index in [0.717, 1.165) is 60.4 Å². The summed E-state index contributed by atoms with van der Waals surface area (Å²) in [5, 5.41) is 0. The van der Waals surface area contributed by atoms with Crippen molar-refractivity contribution in [1.29, 1.82) is 0 Å². The molecule has 0 spiro atoms. The summed E-state index contributed by atoms with van der Waals surface area (Å²) >= 11 is 3.76. The zero-order chi connectivity index (χ0) is 30.9. The molecular weight excluding hydrogens is 630 g/mol. The summed E-state index contributed by atoms with van der Waals surface area (Å²) < 4.78 is 3.22. The smallest absolute Gasteiger partial charge is 0.164 e. The first-order valence-corrected chi connectivity index (χ1v) is 15.8. The number of hydrogen-bond acceptors (Lipinski definition) is 4. The lowest BCUT2D eigenvalue weighted by Gasteiger charge is -2.11. The van der Waals surface area contributed by atoms with Crippen LogP contribution in [0.15, 0.2) is 162 Å². The van der Waals surface area contributed by atoms with Gasteiger partial charge in [0.15, 0.2) is 17.5 Å². The van der Waals surface area contributed by atoms with Gasteiger partial charge in [0, 0.05) is 32.4 Å². The number of benzene rings is 6. The highest BCUT2D eigenvalue weighted by Crippen LogP contribution is 2.34. The second kappa shape index (κ2) is 12.0. The standard InChI is InChI=1S/C40H26BrN5/c41-34-20-11-21-35-36(34)46(33-18-8-3-9-19-33)40(42-35)30-24-22-27(23-25-30)31-16-10-17-32(26-31)39-44-37(28-12-4-1-5-13-28)43-38(45-39)29-14-6-2-7-15-29/h1-26H. The lowest BCUT2D eigenvalue weighted by molar-refractivity contribution is 1.07. The maximum Gasteiger partial charge on any atom is 0.164 e. The van der Waals surface area contributed by atoms with Gasteiger partial charge in [0.1, 0.15) is 5.82 Å². The van der Waals surface area contributed by atoms with Gasteiger partial charge in [-0.3, -0.25) is 4.57 Å². The first kappa shape index (κ1) is 27.8. The van der Waals surface area contributed by atoms with E-state index in [1.165, 1.54) is 0 Å². The van der Waals surface area contributed by atoms with Gasteiger partial charge in [0.05, 0.1) is 11.0 Å². The number of rotatable bonds is 6. The lowest BCUT2D eigenvalue weighted by atomic mass is 10.0. The number of aromatic nitrogens is 5. The van der Waals surface area contributed by atoms with Crippen LogP contribution in [0.3, 0.4) is 0 Å². The SMILES string of the molecule is Brc1cccc2nc(-c3ccc(-c4cccc(-c5nc(-c6ccccc6)nc(-c6ccccc6)n5)c4)cc3)n(-c3ccccc3)c12. The van der Waals surface area contributed by atoms with Crippen LogP contribution in [0.25, 0.3) is 73.4 Å². The van der Waals surface area contributed by atoms with Crippen LogP contribution < -0.4 is 0 Å². The van der Waals surface area contributed by atoms with E-state index in [2.05, 4.69) is 105 Å². The first-order valence-electron chi connectivity index (χ1n) is 15.0. The van der Waals surface area contributed by atoms with Crippen LogP contribution in [0.2, 0.25) is 0 Å². The number of imidazole rings is 1. The minimum Gasteiger partial charge on any atom is -0.291 e. The van der Waals surface area contributed by atoms with E-state index in [4.69, 9.17) is 19.9 Å². The molecule has 0 aliphatic rings. The molecule has 0 fully saturated rings. The molecule has 0 aliphatic carbocycles. The molecule has 0 unspecified atom stereocenters. The zero-order valence-electron chi connectivity index (χ0n) is 24.6. The minimum atomic E-state index is 0.633. The minimum absolute atomic E-state index is 0.633. The van der Waals surface area contributed by atoms with Crippen molar-refractivity contribution in [2.24, 2.45) is 0 Å². The Balaban J connectivity index is 1.19. The molecule has 0 atom stereocenters. The monoisotopic (exact) mass is 655 g/mol. The fourth-order valence-electron chi connectivity index (χ4n) is 5.69. The van der Waals surface area contributed by atoms with E-state index in [9.17, 15) is 0 Å². The predicted octanol–water partition coefficient (Wildman–Crippen LogP) is 10.3. The van der Waals surface area contributed by atoms with Crippen LogP contribution in [0.1, 0.15) is 0 Å². The molecule has 0 radical (unpaired) electrons. The Morgan fingerprint density at radius 3 is 1.52 bits per heavy atom. The van der Waals surface area contributed by atoms with Crippen molar-refractivity contribution in [2.45, 2.75) is 0 Å².